The molecule has 4 N–H and O–H groups in total. The monoisotopic (exact) mass is 413 g/mol. The molecule has 0 fully saturated rings. The molecule has 0 aliphatic heterocycles. The molecule has 0 spiro atoms. The standard InChI is InChI=1S/C18H30N4O5P/c1-5-12(2)28(25)27-18(3,4)7-9-26-17(14(24)10-23)22-8-6-13-15(19)20-11-21-16(13)22/h6,8,11-12,14,17,23-24H,5,7,9-10H2,1-4H3,(H2,19,20,21)/q+1/t12?,14-,17?/m1/s1. The van der Waals surface area contributed by atoms with E-state index in [1.807, 2.05) is 27.7 Å². The van der Waals surface area contributed by atoms with Gasteiger partial charge in [0.1, 0.15) is 29.5 Å². The second kappa shape index (κ2) is 9.71. The Balaban J connectivity index is 2.09. The lowest BCUT2D eigenvalue weighted by Gasteiger charge is -2.26. The topological polar surface area (TPSA) is 133 Å². The molecule has 28 heavy (non-hydrogen) atoms. The van der Waals surface area contributed by atoms with E-state index >= 15 is 0 Å². The van der Waals surface area contributed by atoms with Crippen molar-refractivity contribution in [2.24, 2.45) is 0 Å². The van der Waals surface area contributed by atoms with E-state index in [0.717, 1.165) is 6.42 Å². The van der Waals surface area contributed by atoms with Crippen molar-refractivity contribution in [2.75, 3.05) is 18.9 Å². The van der Waals surface area contributed by atoms with E-state index in [9.17, 15) is 14.8 Å². The zero-order valence-corrected chi connectivity index (χ0v) is 17.7. The predicted octanol–water partition coefficient (Wildman–Crippen LogP) is 2.61. The summed E-state index contributed by atoms with van der Waals surface area (Å²) < 4.78 is 25.4. The average Bonchev–Trinajstić information content (AvgIpc) is 3.08. The maximum absolute atomic E-state index is 12.2. The van der Waals surface area contributed by atoms with Gasteiger partial charge in [-0.15, -0.1) is 4.52 Å². The molecule has 0 aliphatic carbocycles. The van der Waals surface area contributed by atoms with Gasteiger partial charge in [0.15, 0.2) is 11.9 Å². The number of ether oxygens (including phenoxy) is 1. The van der Waals surface area contributed by atoms with E-state index in [1.54, 1.807) is 16.8 Å². The van der Waals surface area contributed by atoms with E-state index in [0.29, 0.717) is 23.3 Å². The highest BCUT2D eigenvalue weighted by molar-refractivity contribution is 7.40. The van der Waals surface area contributed by atoms with Crippen molar-refractivity contribution in [1.29, 1.82) is 0 Å². The van der Waals surface area contributed by atoms with Crippen LogP contribution < -0.4 is 5.73 Å². The molecular weight excluding hydrogens is 383 g/mol. The number of aromatic nitrogens is 3. The van der Waals surface area contributed by atoms with Crippen molar-refractivity contribution in [1.82, 2.24) is 14.5 Å². The Hall–Kier alpha value is -1.64. The van der Waals surface area contributed by atoms with E-state index in [2.05, 4.69) is 9.97 Å². The molecule has 0 aliphatic rings. The quantitative estimate of drug-likeness (QED) is 0.479. The van der Waals surface area contributed by atoms with Crippen molar-refractivity contribution in [2.45, 2.75) is 64.1 Å². The number of hydrogen-bond donors (Lipinski definition) is 3. The second-order valence-corrected chi connectivity index (χ2v) is 9.01. The number of anilines is 1. The van der Waals surface area contributed by atoms with Gasteiger partial charge < -0.3 is 25.3 Å². The molecule has 156 valence electrons. The van der Waals surface area contributed by atoms with Crippen molar-refractivity contribution in [3.05, 3.63) is 18.6 Å². The largest absolute Gasteiger partial charge is 0.511 e. The van der Waals surface area contributed by atoms with Crippen LogP contribution in [-0.2, 0) is 13.8 Å². The van der Waals surface area contributed by atoms with Crippen LogP contribution in [0.3, 0.4) is 0 Å². The maximum Gasteiger partial charge on any atom is 0.511 e. The maximum atomic E-state index is 12.2. The zero-order valence-electron chi connectivity index (χ0n) is 16.8. The first kappa shape index (κ1) is 22.6. The van der Waals surface area contributed by atoms with E-state index < -0.39 is 32.6 Å². The van der Waals surface area contributed by atoms with Crippen LogP contribution in [0.5, 0.6) is 0 Å². The summed E-state index contributed by atoms with van der Waals surface area (Å²) in [5.74, 6) is 0.323. The molecule has 0 saturated carbocycles. The lowest BCUT2D eigenvalue weighted by molar-refractivity contribution is -0.104. The molecule has 0 aromatic carbocycles. The van der Waals surface area contributed by atoms with Crippen LogP contribution in [0, 0.1) is 0 Å². The van der Waals surface area contributed by atoms with Crippen molar-refractivity contribution < 1.29 is 24.0 Å². The molecule has 2 rings (SSSR count). The lowest BCUT2D eigenvalue weighted by Crippen LogP contribution is -2.32. The molecular formula is C18H30N4O5P+. The van der Waals surface area contributed by atoms with Gasteiger partial charge in [0.2, 0.25) is 0 Å². The van der Waals surface area contributed by atoms with E-state index in [-0.39, 0.29) is 12.3 Å². The first-order valence-corrected chi connectivity index (χ1v) is 10.6. The second-order valence-electron chi connectivity index (χ2n) is 7.37. The van der Waals surface area contributed by atoms with E-state index in [1.165, 1.54) is 6.33 Å². The van der Waals surface area contributed by atoms with Crippen LogP contribution in [0.4, 0.5) is 5.82 Å². The molecule has 9 nitrogen and oxygen atoms in total. The number of nitrogens with zero attached hydrogens (tertiary/aromatic N) is 3. The van der Waals surface area contributed by atoms with Crippen molar-refractivity contribution >= 4 is 24.9 Å². The Morgan fingerprint density at radius 1 is 1.39 bits per heavy atom. The van der Waals surface area contributed by atoms with Gasteiger partial charge in [0.05, 0.1) is 18.6 Å². The van der Waals surface area contributed by atoms with Crippen molar-refractivity contribution in [3.8, 4) is 0 Å². The van der Waals surface area contributed by atoms with Crippen LogP contribution in [0.15, 0.2) is 18.6 Å². The van der Waals surface area contributed by atoms with Gasteiger partial charge in [0, 0.05) is 12.6 Å². The highest BCUT2D eigenvalue weighted by atomic mass is 31.1. The minimum absolute atomic E-state index is 0.0180. The number of aliphatic hydroxyl groups is 2. The zero-order chi connectivity index (χ0) is 20.9. The third kappa shape index (κ3) is 5.46. The fourth-order valence-corrected chi connectivity index (χ4v) is 3.67. The highest BCUT2D eigenvalue weighted by Crippen LogP contribution is 2.38. The summed E-state index contributed by atoms with van der Waals surface area (Å²) in [6.07, 6.45) is 2.22. The molecule has 10 heteroatoms. The van der Waals surface area contributed by atoms with Gasteiger partial charge in [0.25, 0.3) is 0 Å². The summed E-state index contributed by atoms with van der Waals surface area (Å²) in [7, 11) is -1.77. The molecule has 2 aromatic heterocycles. The van der Waals surface area contributed by atoms with Gasteiger partial charge in [-0.25, -0.2) is 9.97 Å². The minimum Gasteiger partial charge on any atom is -0.394 e. The molecule has 0 bridgehead atoms. The van der Waals surface area contributed by atoms with Gasteiger partial charge in [-0.1, -0.05) is 6.92 Å². The number of nitrogens with two attached hydrogens (primary N) is 1. The van der Waals surface area contributed by atoms with Crippen molar-refractivity contribution in [3.63, 3.8) is 0 Å². The van der Waals surface area contributed by atoms with Crippen LogP contribution in [0.1, 0.15) is 46.8 Å². The van der Waals surface area contributed by atoms with Gasteiger partial charge in [-0.2, -0.15) is 0 Å². The summed E-state index contributed by atoms with van der Waals surface area (Å²) in [6, 6.07) is 1.73. The predicted molar refractivity (Wildman–Crippen MR) is 107 cm³/mol. The molecule has 2 heterocycles. The smallest absolute Gasteiger partial charge is 0.394 e. The normalized spacial score (nSPS) is 16.1. The Labute approximate surface area is 165 Å². The summed E-state index contributed by atoms with van der Waals surface area (Å²) in [5, 5.41) is 20.3. The molecule has 0 saturated heterocycles. The third-order valence-electron chi connectivity index (χ3n) is 4.61. The van der Waals surface area contributed by atoms with Gasteiger partial charge >= 0.3 is 8.03 Å². The fourth-order valence-electron chi connectivity index (χ4n) is 2.62. The summed E-state index contributed by atoms with van der Waals surface area (Å²) in [4.78, 5) is 8.14. The summed E-state index contributed by atoms with van der Waals surface area (Å²) in [5.41, 5.74) is 5.68. The number of fused-ring (bicyclic) bond motifs is 1. The van der Waals surface area contributed by atoms with Crippen LogP contribution >= 0.6 is 8.03 Å². The Morgan fingerprint density at radius 3 is 2.75 bits per heavy atom. The highest BCUT2D eigenvalue weighted by Gasteiger charge is 2.36. The third-order valence-corrected chi connectivity index (χ3v) is 6.37. The Kier molecular flexibility index (Phi) is 7.86. The average molecular weight is 413 g/mol. The lowest BCUT2D eigenvalue weighted by atomic mass is 10.1. The number of rotatable bonds is 11. The minimum atomic E-state index is -1.77. The van der Waals surface area contributed by atoms with Crippen LogP contribution in [0.2, 0.25) is 0 Å². The fraction of sp³-hybridized carbons (Fsp3) is 0.667. The number of nitrogen functional groups attached to an aromatic ring is 1. The number of hydrogen-bond acceptors (Lipinski definition) is 8. The van der Waals surface area contributed by atoms with Gasteiger partial charge in [-0.05, 0) is 37.8 Å². The first-order valence-electron chi connectivity index (χ1n) is 9.33. The Bertz CT molecular complexity index is 797. The molecule has 2 aromatic rings. The van der Waals surface area contributed by atoms with Gasteiger partial charge in [-0.3, -0.25) is 0 Å². The van der Waals surface area contributed by atoms with Crippen LogP contribution in [0.25, 0.3) is 11.0 Å². The molecule has 0 radical (unpaired) electrons. The Morgan fingerprint density at radius 2 is 2.11 bits per heavy atom. The summed E-state index contributed by atoms with van der Waals surface area (Å²) >= 11 is 0. The molecule has 3 unspecified atom stereocenters. The number of aliphatic hydroxyl groups excluding tert-OH is 2. The van der Waals surface area contributed by atoms with Crippen LogP contribution in [-0.4, -0.2) is 55.3 Å². The molecule has 4 atom stereocenters. The van der Waals surface area contributed by atoms with E-state index in [4.69, 9.17) is 15.0 Å². The molecule has 0 amide bonds. The SMILES string of the molecule is CCC(C)[P+](=O)OC(C)(C)CCOC([C@H](O)CO)n1ccc2c(N)ncnc21. The first-order chi connectivity index (χ1) is 13.2. The summed E-state index contributed by atoms with van der Waals surface area (Å²) in [6.45, 7) is 7.30.